The minimum Gasteiger partial charge on any atom is -0.313 e. The fourth-order valence-electron chi connectivity index (χ4n) is 1.44. The second-order valence-corrected chi connectivity index (χ2v) is 3.97. The largest absolute Gasteiger partial charge is 0.313 e. The number of aryl methyl sites for hydroxylation is 1. The number of allylic oxidation sites excluding steroid dienone is 1. The molecule has 84 valence electrons. The van der Waals surface area contributed by atoms with Gasteiger partial charge in [-0.1, -0.05) is 12.5 Å². The molecule has 0 aliphatic rings. The molecule has 0 saturated carbocycles. The molecule has 1 heterocycles. The molecular weight excluding hydrogens is 186 g/mol. The summed E-state index contributed by atoms with van der Waals surface area (Å²) in [6.45, 7) is 13.0. The molecular formula is C12H21N3. The molecule has 1 aromatic heterocycles. The molecule has 1 aromatic rings. The van der Waals surface area contributed by atoms with E-state index < -0.39 is 0 Å². The highest BCUT2D eigenvalue weighted by Gasteiger charge is 2.04. The number of nitrogens with one attached hydrogen (secondary N) is 1. The average Bonchev–Trinajstić information content (AvgIpc) is 2.54. The Morgan fingerprint density at radius 2 is 2.33 bits per heavy atom. The van der Waals surface area contributed by atoms with Crippen molar-refractivity contribution in [1.82, 2.24) is 15.1 Å². The van der Waals surface area contributed by atoms with Crippen LogP contribution in [-0.2, 0) is 13.1 Å². The third-order valence-electron chi connectivity index (χ3n) is 2.52. The zero-order valence-corrected chi connectivity index (χ0v) is 10.0. The maximum absolute atomic E-state index is 4.38. The van der Waals surface area contributed by atoms with E-state index in [9.17, 15) is 0 Å². The standard InChI is InChI=1S/C12H21N3/c1-5-13-8-12-9-14-15(11(12)4)7-6-10(2)3/h9,13H,2,5-8H2,1,3-4H3. The van der Waals surface area contributed by atoms with Gasteiger partial charge >= 0.3 is 0 Å². The van der Waals surface area contributed by atoms with Gasteiger partial charge in [0.2, 0.25) is 0 Å². The molecule has 0 bridgehead atoms. The molecule has 1 rings (SSSR count). The Bertz CT molecular complexity index is 326. The summed E-state index contributed by atoms with van der Waals surface area (Å²) < 4.78 is 2.06. The molecule has 0 aromatic carbocycles. The summed E-state index contributed by atoms with van der Waals surface area (Å²) in [5.74, 6) is 0. The Morgan fingerprint density at radius 3 is 2.93 bits per heavy atom. The summed E-state index contributed by atoms with van der Waals surface area (Å²) in [7, 11) is 0. The van der Waals surface area contributed by atoms with Crippen molar-refractivity contribution in [3.05, 3.63) is 29.6 Å². The van der Waals surface area contributed by atoms with Crippen LogP contribution in [0.2, 0.25) is 0 Å². The third kappa shape index (κ3) is 3.51. The SMILES string of the molecule is C=C(C)CCn1ncc(CNCC)c1C. The first-order valence-corrected chi connectivity index (χ1v) is 5.51. The Morgan fingerprint density at radius 1 is 1.60 bits per heavy atom. The Kier molecular flexibility index (Phi) is 4.56. The van der Waals surface area contributed by atoms with E-state index in [1.54, 1.807) is 0 Å². The first-order valence-electron chi connectivity index (χ1n) is 5.51. The van der Waals surface area contributed by atoms with E-state index in [4.69, 9.17) is 0 Å². The molecule has 0 saturated heterocycles. The van der Waals surface area contributed by atoms with Crippen LogP contribution in [0.3, 0.4) is 0 Å². The third-order valence-corrected chi connectivity index (χ3v) is 2.52. The smallest absolute Gasteiger partial charge is 0.0537 e. The topological polar surface area (TPSA) is 29.9 Å². The van der Waals surface area contributed by atoms with Gasteiger partial charge in [-0.2, -0.15) is 5.10 Å². The Labute approximate surface area is 92.2 Å². The molecule has 15 heavy (non-hydrogen) atoms. The van der Waals surface area contributed by atoms with E-state index in [1.807, 2.05) is 6.20 Å². The number of hydrogen-bond donors (Lipinski definition) is 1. The van der Waals surface area contributed by atoms with Crippen molar-refractivity contribution in [2.45, 2.75) is 40.3 Å². The highest BCUT2D eigenvalue weighted by Crippen LogP contribution is 2.08. The van der Waals surface area contributed by atoms with E-state index in [1.165, 1.54) is 16.8 Å². The average molecular weight is 207 g/mol. The number of aromatic nitrogens is 2. The van der Waals surface area contributed by atoms with Crippen molar-refractivity contribution in [3.63, 3.8) is 0 Å². The minimum atomic E-state index is 0.912. The van der Waals surface area contributed by atoms with Gasteiger partial charge in [0, 0.05) is 24.3 Å². The lowest BCUT2D eigenvalue weighted by Gasteiger charge is -2.05. The number of hydrogen-bond acceptors (Lipinski definition) is 2. The normalized spacial score (nSPS) is 10.6. The lowest BCUT2D eigenvalue weighted by molar-refractivity contribution is 0.594. The quantitative estimate of drug-likeness (QED) is 0.725. The summed E-state index contributed by atoms with van der Waals surface area (Å²) in [6, 6.07) is 0. The summed E-state index contributed by atoms with van der Waals surface area (Å²) in [6.07, 6.45) is 2.96. The molecule has 0 atom stereocenters. The van der Waals surface area contributed by atoms with E-state index in [0.717, 1.165) is 26.1 Å². The predicted octanol–water partition coefficient (Wildman–Crippen LogP) is 2.27. The Balaban J connectivity index is 2.58. The monoisotopic (exact) mass is 207 g/mol. The van der Waals surface area contributed by atoms with Crippen LogP contribution in [0.1, 0.15) is 31.5 Å². The van der Waals surface area contributed by atoms with Crippen LogP contribution in [0.4, 0.5) is 0 Å². The molecule has 0 unspecified atom stereocenters. The fourth-order valence-corrected chi connectivity index (χ4v) is 1.44. The van der Waals surface area contributed by atoms with Gasteiger partial charge in [0.15, 0.2) is 0 Å². The van der Waals surface area contributed by atoms with Crippen molar-refractivity contribution in [1.29, 1.82) is 0 Å². The minimum absolute atomic E-state index is 0.912. The second kappa shape index (κ2) is 5.71. The van der Waals surface area contributed by atoms with E-state index >= 15 is 0 Å². The van der Waals surface area contributed by atoms with Crippen LogP contribution in [0.25, 0.3) is 0 Å². The highest BCUT2D eigenvalue weighted by atomic mass is 15.3. The summed E-state index contributed by atoms with van der Waals surface area (Å²) in [5, 5.41) is 7.69. The van der Waals surface area contributed by atoms with Crippen molar-refractivity contribution >= 4 is 0 Å². The van der Waals surface area contributed by atoms with Gasteiger partial charge in [-0.25, -0.2) is 0 Å². The van der Waals surface area contributed by atoms with E-state index in [0.29, 0.717) is 0 Å². The lowest BCUT2D eigenvalue weighted by atomic mass is 10.2. The summed E-state index contributed by atoms with van der Waals surface area (Å²) in [5.41, 5.74) is 3.76. The van der Waals surface area contributed by atoms with Crippen LogP contribution >= 0.6 is 0 Å². The molecule has 3 nitrogen and oxygen atoms in total. The molecule has 0 amide bonds. The van der Waals surface area contributed by atoms with Gasteiger partial charge in [-0.15, -0.1) is 6.58 Å². The number of nitrogens with zero attached hydrogens (tertiary/aromatic N) is 2. The first kappa shape index (κ1) is 12.0. The maximum atomic E-state index is 4.38. The van der Waals surface area contributed by atoms with Crippen molar-refractivity contribution in [2.24, 2.45) is 0 Å². The van der Waals surface area contributed by atoms with Gasteiger partial charge in [-0.3, -0.25) is 4.68 Å². The van der Waals surface area contributed by atoms with Crippen molar-refractivity contribution < 1.29 is 0 Å². The van der Waals surface area contributed by atoms with E-state index in [-0.39, 0.29) is 0 Å². The van der Waals surface area contributed by atoms with Crippen molar-refractivity contribution in [3.8, 4) is 0 Å². The Hall–Kier alpha value is -1.09. The maximum Gasteiger partial charge on any atom is 0.0537 e. The van der Waals surface area contributed by atoms with Crippen LogP contribution in [0, 0.1) is 6.92 Å². The van der Waals surface area contributed by atoms with Crippen molar-refractivity contribution in [2.75, 3.05) is 6.54 Å². The predicted molar refractivity (Wildman–Crippen MR) is 63.8 cm³/mol. The molecule has 0 aliphatic heterocycles. The second-order valence-electron chi connectivity index (χ2n) is 3.97. The van der Waals surface area contributed by atoms with Crippen LogP contribution in [0.5, 0.6) is 0 Å². The zero-order valence-electron chi connectivity index (χ0n) is 10.0. The van der Waals surface area contributed by atoms with E-state index in [2.05, 4.69) is 42.4 Å². The molecule has 0 aliphatic carbocycles. The molecule has 0 spiro atoms. The van der Waals surface area contributed by atoms with Gasteiger partial charge in [-0.05, 0) is 26.8 Å². The zero-order chi connectivity index (χ0) is 11.3. The molecule has 1 N–H and O–H groups in total. The number of rotatable bonds is 6. The fraction of sp³-hybridized carbons (Fsp3) is 0.583. The molecule has 3 heteroatoms. The van der Waals surface area contributed by atoms with Crippen LogP contribution in [0.15, 0.2) is 18.3 Å². The summed E-state index contributed by atoms with van der Waals surface area (Å²) >= 11 is 0. The summed E-state index contributed by atoms with van der Waals surface area (Å²) in [4.78, 5) is 0. The van der Waals surface area contributed by atoms with Gasteiger partial charge < -0.3 is 5.32 Å². The van der Waals surface area contributed by atoms with Gasteiger partial charge in [0.05, 0.1) is 6.20 Å². The van der Waals surface area contributed by atoms with Gasteiger partial charge in [0.1, 0.15) is 0 Å². The van der Waals surface area contributed by atoms with Crippen LogP contribution < -0.4 is 5.32 Å². The lowest BCUT2D eigenvalue weighted by Crippen LogP contribution is -2.12. The van der Waals surface area contributed by atoms with Crippen LogP contribution in [-0.4, -0.2) is 16.3 Å². The molecule has 0 fully saturated rings. The van der Waals surface area contributed by atoms with Gasteiger partial charge in [0.25, 0.3) is 0 Å². The first-order chi connectivity index (χ1) is 7.15. The highest BCUT2D eigenvalue weighted by molar-refractivity contribution is 5.15. The molecule has 0 radical (unpaired) electrons.